The van der Waals surface area contributed by atoms with Crippen molar-refractivity contribution in [1.29, 1.82) is 0 Å². The van der Waals surface area contributed by atoms with E-state index < -0.39 is 11.1 Å². The maximum atomic E-state index is 10.3. The van der Waals surface area contributed by atoms with E-state index in [0.29, 0.717) is 12.8 Å². The van der Waals surface area contributed by atoms with E-state index in [-0.39, 0.29) is 0 Å². The summed E-state index contributed by atoms with van der Waals surface area (Å²) < 4.78 is 0. The van der Waals surface area contributed by atoms with Crippen molar-refractivity contribution in [3.63, 3.8) is 0 Å². The number of nitrogens with two attached hydrogens (primary N) is 1. The van der Waals surface area contributed by atoms with Gasteiger partial charge in [-0.2, -0.15) is 0 Å². The van der Waals surface area contributed by atoms with E-state index in [1.165, 1.54) is 5.69 Å². The number of aliphatic hydroxyl groups is 1. The van der Waals surface area contributed by atoms with Crippen LogP contribution in [-0.4, -0.2) is 46.9 Å². The lowest BCUT2D eigenvalue weighted by Gasteiger charge is -2.49. The van der Waals surface area contributed by atoms with Crippen LogP contribution in [0, 0.1) is 0 Å². The Morgan fingerprint density at radius 1 is 0.829 bits per heavy atom. The third kappa shape index (κ3) is 5.22. The highest BCUT2D eigenvalue weighted by atomic mass is 32.1. The monoisotopic (exact) mass is 579 g/mol. The summed E-state index contributed by atoms with van der Waals surface area (Å²) in [6.07, 6.45) is 3.09. The van der Waals surface area contributed by atoms with E-state index in [2.05, 4.69) is 83.0 Å². The average Bonchev–Trinajstić information content (AvgIpc) is 3.66. The highest BCUT2D eigenvalue weighted by Gasteiger charge is 2.49. The molecule has 1 aliphatic heterocycles. The summed E-state index contributed by atoms with van der Waals surface area (Å²) >= 11 is 3.39. The molecule has 2 aromatic heterocycles. The molecule has 8 heteroatoms. The van der Waals surface area contributed by atoms with Crippen LogP contribution in [0.25, 0.3) is 42.2 Å². The van der Waals surface area contributed by atoms with Crippen molar-refractivity contribution in [2.75, 3.05) is 31.1 Å². The van der Waals surface area contributed by atoms with Crippen molar-refractivity contribution >= 4 is 28.4 Å². The standard InChI is InChI=1S/C33H33N5OS2/c1-32(39)20-33(34,21-32)25-11-7-22(8-12-25)28-29(23-5-3-2-4-6-23)41-31(37-28)27-19-36-30(40-27)24-9-13-26(14-10-24)38-17-15-35-16-18-38/h2-14,19,35,39H,15-18,20-21,34H2,1H3/t32-,33+. The molecule has 0 amide bonds. The van der Waals surface area contributed by atoms with E-state index in [1.807, 2.05) is 19.2 Å². The molecule has 2 fully saturated rings. The lowest BCUT2D eigenvalue weighted by Crippen LogP contribution is -2.58. The zero-order chi connectivity index (χ0) is 28.0. The molecule has 0 radical (unpaired) electrons. The molecule has 6 nitrogen and oxygen atoms in total. The molecular weight excluding hydrogens is 547 g/mol. The maximum Gasteiger partial charge on any atom is 0.136 e. The third-order valence-electron chi connectivity index (χ3n) is 8.10. The van der Waals surface area contributed by atoms with E-state index in [1.54, 1.807) is 22.7 Å². The Bertz CT molecular complexity index is 1640. The van der Waals surface area contributed by atoms with Gasteiger partial charge in [-0.3, -0.25) is 0 Å². The van der Waals surface area contributed by atoms with Crippen molar-refractivity contribution < 1.29 is 5.11 Å². The third-order valence-corrected chi connectivity index (χ3v) is 10.4. The van der Waals surface area contributed by atoms with Crippen LogP contribution >= 0.6 is 22.7 Å². The fraction of sp³-hybridized carbons (Fsp3) is 0.273. The maximum absolute atomic E-state index is 10.3. The van der Waals surface area contributed by atoms with Gasteiger partial charge in [-0.25, -0.2) is 9.97 Å². The number of nitrogens with one attached hydrogen (secondary N) is 1. The predicted octanol–water partition coefficient (Wildman–Crippen LogP) is 6.38. The Morgan fingerprint density at radius 3 is 2.20 bits per heavy atom. The van der Waals surface area contributed by atoms with Crippen LogP contribution in [0.5, 0.6) is 0 Å². The first-order valence-electron chi connectivity index (χ1n) is 14.1. The van der Waals surface area contributed by atoms with Gasteiger partial charge in [0.15, 0.2) is 0 Å². The molecule has 5 aromatic rings. The molecule has 4 N–H and O–H groups in total. The summed E-state index contributed by atoms with van der Waals surface area (Å²) in [5.74, 6) is 0. The summed E-state index contributed by atoms with van der Waals surface area (Å²) in [4.78, 5) is 14.6. The van der Waals surface area contributed by atoms with E-state index in [4.69, 9.17) is 15.7 Å². The largest absolute Gasteiger partial charge is 0.390 e. The first-order valence-corrected chi connectivity index (χ1v) is 15.7. The number of rotatable bonds is 6. The van der Waals surface area contributed by atoms with Crippen molar-refractivity contribution in [1.82, 2.24) is 15.3 Å². The molecule has 1 saturated carbocycles. The fourth-order valence-electron chi connectivity index (χ4n) is 6.12. The number of nitrogens with zero attached hydrogens (tertiary/aromatic N) is 3. The molecule has 0 atom stereocenters. The summed E-state index contributed by atoms with van der Waals surface area (Å²) in [6, 6.07) is 27.6. The Labute approximate surface area is 248 Å². The molecule has 1 saturated heterocycles. The molecule has 2 aliphatic rings. The van der Waals surface area contributed by atoms with Gasteiger partial charge in [0.2, 0.25) is 0 Å². The molecule has 208 valence electrons. The second-order valence-corrected chi connectivity index (χ2v) is 13.5. The number of thiazole rings is 2. The molecule has 1 aliphatic carbocycles. The van der Waals surface area contributed by atoms with Gasteiger partial charge in [-0.1, -0.05) is 54.6 Å². The first-order chi connectivity index (χ1) is 19.9. The molecule has 3 heterocycles. The van der Waals surface area contributed by atoms with Gasteiger partial charge in [0, 0.05) is 54.7 Å². The fourth-order valence-corrected chi connectivity index (χ4v) is 8.18. The summed E-state index contributed by atoms with van der Waals surface area (Å²) in [7, 11) is 0. The van der Waals surface area contributed by atoms with E-state index >= 15 is 0 Å². The van der Waals surface area contributed by atoms with Crippen LogP contribution in [0.15, 0.2) is 85.1 Å². The Hall–Kier alpha value is -3.40. The quantitative estimate of drug-likeness (QED) is 0.217. The Morgan fingerprint density at radius 2 is 1.51 bits per heavy atom. The molecule has 0 spiro atoms. The number of piperazine rings is 1. The second-order valence-electron chi connectivity index (χ2n) is 11.5. The first kappa shape index (κ1) is 26.5. The zero-order valence-corrected chi connectivity index (χ0v) is 24.6. The highest BCUT2D eigenvalue weighted by Crippen LogP contribution is 2.47. The van der Waals surface area contributed by atoms with Crippen LogP contribution in [-0.2, 0) is 5.54 Å². The molecule has 0 unspecified atom stereocenters. The summed E-state index contributed by atoms with van der Waals surface area (Å²) in [5, 5.41) is 15.6. The predicted molar refractivity (Wildman–Crippen MR) is 170 cm³/mol. The zero-order valence-electron chi connectivity index (χ0n) is 23.0. The number of hydrogen-bond acceptors (Lipinski definition) is 8. The van der Waals surface area contributed by atoms with Crippen LogP contribution in [0.2, 0.25) is 0 Å². The molecular formula is C33H33N5OS2. The van der Waals surface area contributed by atoms with Crippen molar-refractivity contribution in [3.05, 3.63) is 90.6 Å². The second kappa shape index (κ2) is 10.5. The molecule has 7 rings (SSSR count). The molecule has 3 aromatic carbocycles. The van der Waals surface area contributed by atoms with Crippen LogP contribution in [0.4, 0.5) is 5.69 Å². The van der Waals surface area contributed by atoms with Crippen molar-refractivity contribution in [2.24, 2.45) is 5.73 Å². The number of aromatic nitrogens is 2. The smallest absolute Gasteiger partial charge is 0.136 e. The van der Waals surface area contributed by atoms with Gasteiger partial charge in [-0.05, 0) is 55.2 Å². The SMILES string of the molecule is C[C@]1(O)C[C@](N)(c2ccc(-c3nc(-c4cnc(-c5ccc(N6CCNCC6)cc5)s4)sc3-c3ccccc3)cc2)C1. The summed E-state index contributed by atoms with van der Waals surface area (Å²) in [6.45, 7) is 5.98. The van der Waals surface area contributed by atoms with Gasteiger partial charge in [-0.15, -0.1) is 22.7 Å². The molecule has 41 heavy (non-hydrogen) atoms. The minimum absolute atomic E-state index is 0.472. The van der Waals surface area contributed by atoms with E-state index in [9.17, 15) is 5.11 Å². The van der Waals surface area contributed by atoms with Crippen LogP contribution in [0.3, 0.4) is 0 Å². The lowest BCUT2D eigenvalue weighted by atomic mass is 9.63. The van der Waals surface area contributed by atoms with Crippen LogP contribution in [0.1, 0.15) is 25.3 Å². The highest BCUT2D eigenvalue weighted by molar-refractivity contribution is 7.25. The van der Waals surface area contributed by atoms with Gasteiger partial charge < -0.3 is 21.1 Å². The van der Waals surface area contributed by atoms with Gasteiger partial charge in [0.1, 0.15) is 10.0 Å². The number of benzene rings is 3. The number of hydrogen-bond donors (Lipinski definition) is 3. The van der Waals surface area contributed by atoms with Gasteiger partial charge >= 0.3 is 0 Å². The Kier molecular flexibility index (Phi) is 6.76. The Balaban J connectivity index is 1.19. The molecule has 0 bridgehead atoms. The van der Waals surface area contributed by atoms with E-state index in [0.717, 1.165) is 73.9 Å². The minimum Gasteiger partial charge on any atom is -0.390 e. The number of anilines is 1. The minimum atomic E-state index is -0.682. The van der Waals surface area contributed by atoms with Gasteiger partial charge in [0.05, 0.1) is 21.0 Å². The average molecular weight is 580 g/mol. The van der Waals surface area contributed by atoms with Crippen molar-refractivity contribution in [2.45, 2.75) is 30.9 Å². The summed E-state index contributed by atoms with van der Waals surface area (Å²) in [5.41, 5.74) is 12.1. The topological polar surface area (TPSA) is 87.3 Å². The lowest BCUT2D eigenvalue weighted by molar-refractivity contribution is -0.0738. The van der Waals surface area contributed by atoms with Crippen LogP contribution < -0.4 is 16.0 Å². The van der Waals surface area contributed by atoms with Gasteiger partial charge in [0.25, 0.3) is 0 Å². The van der Waals surface area contributed by atoms with Crippen molar-refractivity contribution in [3.8, 4) is 42.2 Å². The normalized spacial score (nSPS) is 22.5.